The lowest BCUT2D eigenvalue weighted by molar-refractivity contribution is -0.0220. The molecular weight excluding hydrogens is 565 g/mol. The average Bonchev–Trinajstić information content (AvgIpc) is 3.71. The Kier molecular flexibility index (Phi) is 7.21. The molecule has 42 heavy (non-hydrogen) atoms. The van der Waals surface area contributed by atoms with Gasteiger partial charge in [-0.15, -0.1) is 0 Å². The van der Waals surface area contributed by atoms with Crippen LogP contribution in [0, 0.1) is 5.41 Å². The first kappa shape index (κ1) is 28.5. The van der Waals surface area contributed by atoms with Crippen LogP contribution in [0.2, 0.25) is 0 Å². The minimum Gasteiger partial charge on any atom is -0.514 e. The minimum atomic E-state index is -4.22. The third-order valence-electron chi connectivity index (χ3n) is 8.92. The van der Waals surface area contributed by atoms with Gasteiger partial charge in [-0.05, 0) is 78.6 Å². The minimum absolute atomic E-state index is 0.166. The Balaban J connectivity index is 1.40. The number of rotatable bonds is 6. The number of hydrogen-bond donors (Lipinski definition) is 2. The van der Waals surface area contributed by atoms with Crippen LogP contribution in [-0.4, -0.2) is 50.6 Å². The smallest absolute Gasteiger partial charge is 0.251 e. The van der Waals surface area contributed by atoms with Gasteiger partial charge in [-0.3, -0.25) is 4.98 Å². The van der Waals surface area contributed by atoms with Gasteiger partial charge >= 0.3 is 0 Å². The van der Waals surface area contributed by atoms with Gasteiger partial charge in [0.05, 0.1) is 17.5 Å². The molecule has 6 rings (SSSR count). The van der Waals surface area contributed by atoms with Crippen molar-refractivity contribution in [1.82, 2.24) is 4.98 Å². The molecule has 2 aliphatic heterocycles. The van der Waals surface area contributed by atoms with Crippen molar-refractivity contribution in [1.29, 1.82) is 0 Å². The van der Waals surface area contributed by atoms with Crippen molar-refractivity contribution in [2.45, 2.75) is 44.4 Å². The number of alkyl halides is 2. The highest BCUT2D eigenvalue weighted by atomic mass is 32.2. The van der Waals surface area contributed by atoms with Crippen molar-refractivity contribution < 1.29 is 26.7 Å². The number of fused-ring (bicyclic) bond motifs is 1. The maximum atomic E-state index is 16.2. The maximum absolute atomic E-state index is 16.2. The van der Waals surface area contributed by atoms with Crippen LogP contribution in [0.15, 0.2) is 54.9 Å². The Morgan fingerprint density at radius 2 is 1.60 bits per heavy atom. The van der Waals surface area contributed by atoms with Gasteiger partial charge in [-0.2, -0.15) is 0 Å². The molecule has 3 N–H and O–H groups in total. The van der Waals surface area contributed by atoms with Crippen molar-refractivity contribution in [2.75, 3.05) is 36.0 Å². The highest BCUT2D eigenvalue weighted by Crippen LogP contribution is 2.54. The monoisotopic (exact) mass is 598 g/mol. The topological polar surface area (TPSA) is 99.8 Å². The third kappa shape index (κ3) is 5.72. The molecule has 0 atom stereocenters. The van der Waals surface area contributed by atoms with Crippen LogP contribution in [0.1, 0.15) is 55.2 Å². The lowest BCUT2D eigenvalue weighted by Crippen LogP contribution is -2.39. The lowest BCUT2D eigenvalue weighted by atomic mass is 9.92. The summed E-state index contributed by atoms with van der Waals surface area (Å²) in [6, 6.07) is 11.7. The van der Waals surface area contributed by atoms with E-state index in [0.29, 0.717) is 47.2 Å². The van der Waals surface area contributed by atoms with E-state index in [-0.39, 0.29) is 37.1 Å². The van der Waals surface area contributed by atoms with E-state index in [1.807, 2.05) is 17.0 Å². The number of halogens is 3. The van der Waals surface area contributed by atoms with E-state index in [0.717, 1.165) is 18.2 Å². The standard InChI is InChI=1S/C31H33F3N4O3S/c32-25(17-21-16-23-2-1-11-36-29(23)27(18-21)38-14-9-31(33,34)10-15-38)24-4-3-22(28(20-39)42(35,40)41)19-26(24)37-12-7-30(5-6-30)8-13-37/h1-4,11,16-20,39H,5-10,12-15H2,(H2,35,40,41)/b25-17-,28-20?. The summed E-state index contributed by atoms with van der Waals surface area (Å²) in [5.41, 5.74) is 3.22. The first-order valence-corrected chi connectivity index (χ1v) is 15.7. The third-order valence-corrected chi connectivity index (χ3v) is 9.88. The normalized spacial score (nSPS) is 20.8. The number of aromatic nitrogens is 1. The number of benzene rings is 2. The molecule has 0 radical (unpaired) electrons. The highest BCUT2D eigenvalue weighted by Gasteiger charge is 2.44. The molecule has 222 valence electrons. The Bertz CT molecular complexity index is 1680. The molecule has 1 aliphatic carbocycles. The van der Waals surface area contributed by atoms with Crippen LogP contribution in [0.5, 0.6) is 0 Å². The Morgan fingerprint density at radius 1 is 0.929 bits per heavy atom. The molecule has 1 saturated carbocycles. The number of hydrogen-bond acceptors (Lipinski definition) is 6. The quantitative estimate of drug-likeness (QED) is 0.250. The second-order valence-electron chi connectivity index (χ2n) is 11.7. The number of nitrogens with zero attached hydrogens (tertiary/aromatic N) is 3. The predicted octanol–water partition coefficient (Wildman–Crippen LogP) is 6.46. The van der Waals surface area contributed by atoms with Gasteiger partial charge in [0, 0.05) is 61.9 Å². The van der Waals surface area contributed by atoms with E-state index in [1.54, 1.807) is 24.4 Å². The zero-order chi connectivity index (χ0) is 29.7. The molecule has 3 fully saturated rings. The number of nitrogens with two attached hydrogens (primary N) is 1. The molecule has 0 bridgehead atoms. The van der Waals surface area contributed by atoms with Gasteiger partial charge in [-0.1, -0.05) is 12.1 Å². The van der Waals surface area contributed by atoms with Crippen molar-refractivity contribution in [3.05, 3.63) is 71.6 Å². The zero-order valence-corrected chi connectivity index (χ0v) is 23.9. The summed E-state index contributed by atoms with van der Waals surface area (Å²) in [4.78, 5) is 7.96. The number of aliphatic hydroxyl groups is 1. The molecular formula is C31H33F3N4O3S. The largest absolute Gasteiger partial charge is 0.514 e. The van der Waals surface area contributed by atoms with E-state index in [4.69, 9.17) is 5.14 Å². The van der Waals surface area contributed by atoms with E-state index in [9.17, 15) is 22.3 Å². The van der Waals surface area contributed by atoms with E-state index in [1.165, 1.54) is 31.1 Å². The summed E-state index contributed by atoms with van der Waals surface area (Å²) in [5.74, 6) is -3.24. The predicted molar refractivity (Wildman–Crippen MR) is 160 cm³/mol. The fourth-order valence-corrected chi connectivity index (χ4v) is 6.78. The van der Waals surface area contributed by atoms with Gasteiger partial charge in [0.15, 0.2) is 0 Å². The fourth-order valence-electron chi connectivity index (χ4n) is 6.18. The summed E-state index contributed by atoms with van der Waals surface area (Å²) in [6.45, 7) is 1.73. The summed E-state index contributed by atoms with van der Waals surface area (Å²) in [7, 11) is -4.22. The highest BCUT2D eigenvalue weighted by molar-refractivity contribution is 7.98. The Morgan fingerprint density at radius 3 is 2.24 bits per heavy atom. The number of aliphatic hydroxyl groups excluding tert-OH is 1. The summed E-state index contributed by atoms with van der Waals surface area (Å²) in [5, 5.41) is 15.7. The molecule has 11 heteroatoms. The zero-order valence-electron chi connectivity index (χ0n) is 23.1. The van der Waals surface area contributed by atoms with Gasteiger partial charge in [0.25, 0.3) is 5.92 Å². The number of anilines is 2. The van der Waals surface area contributed by atoms with Crippen LogP contribution < -0.4 is 14.9 Å². The van der Waals surface area contributed by atoms with Crippen LogP contribution >= 0.6 is 0 Å². The molecule has 3 heterocycles. The number of sulfonamides is 1. The van der Waals surface area contributed by atoms with Crippen LogP contribution in [-0.2, 0) is 10.0 Å². The molecule has 2 aromatic carbocycles. The van der Waals surface area contributed by atoms with Gasteiger partial charge in [0.2, 0.25) is 10.0 Å². The van der Waals surface area contributed by atoms with Crippen molar-refractivity contribution in [3.8, 4) is 0 Å². The molecule has 1 aromatic heterocycles. The summed E-state index contributed by atoms with van der Waals surface area (Å²) in [6.07, 6.45) is 7.31. The molecule has 0 amide bonds. The SMILES string of the molecule is NS(=O)(=O)C(=CO)c1ccc(/C(F)=C/c2cc(N3CCC(F)(F)CC3)c3ncccc3c2)c(N2CCC3(CC2)CC3)c1. The molecule has 1 spiro atoms. The summed E-state index contributed by atoms with van der Waals surface area (Å²) >= 11 is 0. The maximum Gasteiger partial charge on any atom is 0.251 e. The summed E-state index contributed by atoms with van der Waals surface area (Å²) < 4.78 is 68.2. The number of piperidine rings is 2. The second-order valence-corrected chi connectivity index (χ2v) is 13.2. The first-order chi connectivity index (χ1) is 20.0. The van der Waals surface area contributed by atoms with E-state index < -0.39 is 26.7 Å². The lowest BCUT2D eigenvalue weighted by Gasteiger charge is -2.35. The molecule has 2 saturated heterocycles. The Hall–Kier alpha value is -3.57. The van der Waals surface area contributed by atoms with E-state index >= 15 is 4.39 Å². The van der Waals surface area contributed by atoms with Crippen molar-refractivity contribution in [3.63, 3.8) is 0 Å². The molecule has 3 aromatic rings. The average molecular weight is 599 g/mol. The molecule has 7 nitrogen and oxygen atoms in total. The first-order valence-electron chi connectivity index (χ1n) is 14.1. The fraction of sp³-hybridized carbons (Fsp3) is 0.387. The van der Waals surface area contributed by atoms with Crippen molar-refractivity contribution in [2.24, 2.45) is 10.6 Å². The second kappa shape index (κ2) is 10.6. The molecule has 3 aliphatic rings. The number of primary sulfonamides is 1. The van der Waals surface area contributed by atoms with Crippen LogP contribution in [0.3, 0.4) is 0 Å². The Labute approximate surface area is 243 Å². The van der Waals surface area contributed by atoms with Crippen LogP contribution in [0.4, 0.5) is 24.5 Å². The molecule has 0 unspecified atom stereocenters. The van der Waals surface area contributed by atoms with Gasteiger partial charge in [0.1, 0.15) is 10.7 Å². The van der Waals surface area contributed by atoms with Crippen LogP contribution in [0.25, 0.3) is 27.7 Å². The van der Waals surface area contributed by atoms with Crippen molar-refractivity contribution >= 4 is 49.1 Å². The number of pyridine rings is 1. The van der Waals surface area contributed by atoms with Gasteiger partial charge < -0.3 is 14.9 Å². The van der Waals surface area contributed by atoms with E-state index in [2.05, 4.69) is 9.88 Å². The van der Waals surface area contributed by atoms with Gasteiger partial charge in [-0.25, -0.2) is 26.7 Å².